The van der Waals surface area contributed by atoms with Crippen molar-refractivity contribution in [3.8, 4) is 0 Å². The summed E-state index contributed by atoms with van der Waals surface area (Å²) in [4.78, 5) is 0. The summed E-state index contributed by atoms with van der Waals surface area (Å²) in [6.07, 6.45) is 8.43. The van der Waals surface area contributed by atoms with Gasteiger partial charge in [0.15, 0.2) is 0 Å². The number of likely N-dealkylation sites (N-methyl/N-ethyl adjacent to an activating group) is 1. The predicted molar refractivity (Wildman–Crippen MR) is 62.0 cm³/mol. The zero-order valence-electron chi connectivity index (χ0n) is 9.54. The van der Waals surface area contributed by atoms with Crippen molar-refractivity contribution in [1.82, 2.24) is 5.32 Å². The second kappa shape index (κ2) is 5.36. The smallest absolute Gasteiger partial charge is 0.108 e. The predicted octanol–water partition coefficient (Wildman–Crippen LogP) is 3.31. The Morgan fingerprint density at radius 2 is 2.20 bits per heavy atom. The Bertz CT molecular complexity index is 268. The van der Waals surface area contributed by atoms with Crippen molar-refractivity contribution >= 4 is 0 Å². The Morgan fingerprint density at radius 1 is 1.33 bits per heavy atom. The van der Waals surface area contributed by atoms with Gasteiger partial charge in [-0.05, 0) is 31.5 Å². The lowest BCUT2D eigenvalue weighted by Crippen LogP contribution is -2.33. The molecule has 1 fully saturated rings. The standard InChI is InChI=1S/C13H21NO/c1-2-14-12-8-5-3-4-7-11(12)13-9-6-10-15-13/h6,9-12,14H,2-5,7-8H2,1H3. The molecule has 0 radical (unpaired) electrons. The Labute approximate surface area is 92.1 Å². The molecule has 2 nitrogen and oxygen atoms in total. The lowest BCUT2D eigenvalue weighted by Gasteiger charge is -2.24. The average molecular weight is 207 g/mol. The second-order valence-corrected chi connectivity index (χ2v) is 4.42. The molecule has 1 N–H and O–H groups in total. The fourth-order valence-corrected chi connectivity index (χ4v) is 2.66. The van der Waals surface area contributed by atoms with Crippen LogP contribution in [0.5, 0.6) is 0 Å². The van der Waals surface area contributed by atoms with E-state index in [1.165, 1.54) is 37.9 Å². The van der Waals surface area contributed by atoms with Gasteiger partial charge in [0.2, 0.25) is 0 Å². The quantitative estimate of drug-likeness (QED) is 0.769. The van der Waals surface area contributed by atoms with Crippen LogP contribution < -0.4 is 5.32 Å². The van der Waals surface area contributed by atoms with E-state index in [1.54, 1.807) is 6.26 Å². The Kier molecular flexibility index (Phi) is 3.84. The van der Waals surface area contributed by atoms with E-state index in [4.69, 9.17) is 4.42 Å². The summed E-state index contributed by atoms with van der Waals surface area (Å²) in [6.45, 7) is 3.24. The molecule has 2 rings (SSSR count). The van der Waals surface area contributed by atoms with Crippen molar-refractivity contribution in [3.05, 3.63) is 24.2 Å². The van der Waals surface area contributed by atoms with Crippen LogP contribution in [0.3, 0.4) is 0 Å². The molecule has 15 heavy (non-hydrogen) atoms. The van der Waals surface area contributed by atoms with Crippen LogP contribution in [0.4, 0.5) is 0 Å². The van der Waals surface area contributed by atoms with E-state index in [9.17, 15) is 0 Å². The Hall–Kier alpha value is -0.760. The van der Waals surface area contributed by atoms with Crippen molar-refractivity contribution in [3.63, 3.8) is 0 Å². The van der Waals surface area contributed by atoms with Gasteiger partial charge in [-0.2, -0.15) is 0 Å². The van der Waals surface area contributed by atoms with Gasteiger partial charge in [-0.3, -0.25) is 0 Å². The first-order valence-electron chi connectivity index (χ1n) is 6.18. The van der Waals surface area contributed by atoms with Gasteiger partial charge >= 0.3 is 0 Å². The van der Waals surface area contributed by atoms with Gasteiger partial charge in [-0.1, -0.05) is 26.2 Å². The number of hydrogen-bond acceptors (Lipinski definition) is 2. The third-order valence-electron chi connectivity index (χ3n) is 3.39. The molecule has 1 aliphatic carbocycles. The summed E-state index contributed by atoms with van der Waals surface area (Å²) in [6, 6.07) is 4.74. The van der Waals surface area contributed by atoms with E-state index >= 15 is 0 Å². The van der Waals surface area contributed by atoms with E-state index < -0.39 is 0 Å². The van der Waals surface area contributed by atoms with Gasteiger partial charge in [-0.25, -0.2) is 0 Å². The average Bonchev–Trinajstić information content (AvgIpc) is 2.67. The maximum absolute atomic E-state index is 5.57. The molecule has 84 valence electrons. The number of furan rings is 1. The summed E-state index contributed by atoms with van der Waals surface area (Å²) in [5.41, 5.74) is 0. The van der Waals surface area contributed by atoms with Crippen molar-refractivity contribution in [2.24, 2.45) is 0 Å². The molecule has 1 saturated carbocycles. The molecule has 0 spiro atoms. The molecule has 0 amide bonds. The highest BCUT2D eigenvalue weighted by atomic mass is 16.3. The molecule has 2 heteroatoms. The van der Waals surface area contributed by atoms with Gasteiger partial charge in [0.25, 0.3) is 0 Å². The molecule has 1 aromatic rings. The summed E-state index contributed by atoms with van der Waals surface area (Å²) in [7, 11) is 0. The van der Waals surface area contributed by atoms with Crippen molar-refractivity contribution < 1.29 is 4.42 Å². The first-order valence-corrected chi connectivity index (χ1v) is 6.18. The molecule has 0 bridgehead atoms. The molecule has 2 unspecified atom stereocenters. The maximum Gasteiger partial charge on any atom is 0.108 e. The normalized spacial score (nSPS) is 27.5. The summed E-state index contributed by atoms with van der Waals surface area (Å²) < 4.78 is 5.57. The van der Waals surface area contributed by atoms with Crippen LogP contribution >= 0.6 is 0 Å². The Morgan fingerprint density at radius 3 is 2.93 bits per heavy atom. The molecule has 0 aliphatic heterocycles. The molecule has 1 aliphatic rings. The minimum Gasteiger partial charge on any atom is -0.469 e. The van der Waals surface area contributed by atoms with Crippen LogP contribution in [0.2, 0.25) is 0 Å². The largest absolute Gasteiger partial charge is 0.469 e. The van der Waals surface area contributed by atoms with E-state index in [0.29, 0.717) is 12.0 Å². The van der Waals surface area contributed by atoms with E-state index in [-0.39, 0.29) is 0 Å². The van der Waals surface area contributed by atoms with Gasteiger partial charge in [0, 0.05) is 12.0 Å². The minimum atomic E-state index is 0.586. The highest BCUT2D eigenvalue weighted by molar-refractivity contribution is 5.09. The summed E-state index contributed by atoms with van der Waals surface area (Å²) in [5, 5.41) is 3.60. The topological polar surface area (TPSA) is 25.2 Å². The zero-order valence-corrected chi connectivity index (χ0v) is 9.54. The molecule has 1 heterocycles. The van der Waals surface area contributed by atoms with Crippen LogP contribution in [-0.2, 0) is 0 Å². The van der Waals surface area contributed by atoms with Crippen molar-refractivity contribution in [2.75, 3.05) is 6.54 Å². The second-order valence-electron chi connectivity index (χ2n) is 4.42. The summed E-state index contributed by atoms with van der Waals surface area (Å²) in [5.74, 6) is 1.75. The highest BCUT2D eigenvalue weighted by Gasteiger charge is 2.26. The molecule has 0 aromatic carbocycles. The monoisotopic (exact) mass is 207 g/mol. The number of hydrogen-bond donors (Lipinski definition) is 1. The van der Waals surface area contributed by atoms with E-state index in [1.807, 2.05) is 6.07 Å². The SMILES string of the molecule is CCNC1CCCCCC1c1ccco1. The van der Waals surface area contributed by atoms with Crippen molar-refractivity contribution in [2.45, 2.75) is 51.0 Å². The van der Waals surface area contributed by atoms with Crippen LogP contribution in [0.25, 0.3) is 0 Å². The van der Waals surface area contributed by atoms with Gasteiger partial charge in [0.05, 0.1) is 6.26 Å². The highest BCUT2D eigenvalue weighted by Crippen LogP contribution is 2.32. The first kappa shape index (κ1) is 10.7. The Balaban J connectivity index is 2.09. The third kappa shape index (κ3) is 2.63. The number of nitrogens with one attached hydrogen (secondary N) is 1. The van der Waals surface area contributed by atoms with Gasteiger partial charge < -0.3 is 9.73 Å². The van der Waals surface area contributed by atoms with Crippen LogP contribution in [0, 0.1) is 0 Å². The molecule has 0 saturated heterocycles. The first-order chi connectivity index (χ1) is 7.42. The number of rotatable bonds is 3. The molecule has 2 atom stereocenters. The van der Waals surface area contributed by atoms with Crippen LogP contribution in [0.15, 0.2) is 22.8 Å². The third-order valence-corrected chi connectivity index (χ3v) is 3.39. The van der Waals surface area contributed by atoms with Gasteiger partial charge in [-0.15, -0.1) is 0 Å². The molecule has 1 aromatic heterocycles. The van der Waals surface area contributed by atoms with Crippen LogP contribution in [-0.4, -0.2) is 12.6 Å². The molecular weight excluding hydrogens is 186 g/mol. The minimum absolute atomic E-state index is 0.586. The fraction of sp³-hybridized carbons (Fsp3) is 0.692. The van der Waals surface area contributed by atoms with E-state index in [0.717, 1.165) is 6.54 Å². The lowest BCUT2D eigenvalue weighted by molar-refractivity contribution is 0.360. The van der Waals surface area contributed by atoms with E-state index in [2.05, 4.69) is 18.3 Å². The zero-order chi connectivity index (χ0) is 10.5. The van der Waals surface area contributed by atoms with Crippen molar-refractivity contribution in [1.29, 1.82) is 0 Å². The van der Waals surface area contributed by atoms with Crippen LogP contribution in [0.1, 0.15) is 50.7 Å². The maximum atomic E-state index is 5.57. The lowest BCUT2D eigenvalue weighted by atomic mass is 9.92. The molecular formula is C13H21NO. The van der Waals surface area contributed by atoms with Gasteiger partial charge in [0.1, 0.15) is 5.76 Å². The fourth-order valence-electron chi connectivity index (χ4n) is 2.66. The summed E-state index contributed by atoms with van der Waals surface area (Å²) >= 11 is 0.